The second kappa shape index (κ2) is 3.94. The van der Waals surface area contributed by atoms with E-state index in [-0.39, 0.29) is 22.2 Å². The average molecular weight is 478 g/mol. The summed E-state index contributed by atoms with van der Waals surface area (Å²) in [6.07, 6.45) is 14.9. The van der Waals surface area contributed by atoms with E-state index in [1.165, 1.54) is 52.9 Å². The molecule has 11 aliphatic carbocycles. The molecule has 12 aliphatic rings. The van der Waals surface area contributed by atoms with Crippen LogP contribution in [0.25, 0.3) is 18.0 Å². The molecular formula is C30H24FN3S. The molecule has 35 heavy (non-hydrogen) atoms. The van der Waals surface area contributed by atoms with Gasteiger partial charge in [0.05, 0.1) is 21.2 Å². The first-order chi connectivity index (χ1) is 17.1. The van der Waals surface area contributed by atoms with Crippen LogP contribution in [0.4, 0.5) is 4.39 Å². The predicted octanol–water partition coefficient (Wildman–Crippen LogP) is 2.39. The molecule has 2 N–H and O–H groups in total. The van der Waals surface area contributed by atoms with Gasteiger partial charge in [-0.2, -0.15) is 0 Å². The molecule has 2 aromatic heterocycles. The number of aromatic nitrogens is 2. The van der Waals surface area contributed by atoms with Gasteiger partial charge in [0.2, 0.25) is 0 Å². The van der Waals surface area contributed by atoms with E-state index in [2.05, 4.69) is 28.3 Å². The molecule has 0 saturated heterocycles. The van der Waals surface area contributed by atoms with E-state index in [4.69, 9.17) is 10.7 Å². The molecule has 14 atom stereocenters. The Labute approximate surface area is 204 Å². The SMILES string of the molecule is C#Sc1c[nH]c2c1=CC1(N=2)C2C3CC4CC5C6C7CC8CC2C82C7c7c[nH]c8c7=CC6(C=8F)C12C435. The summed E-state index contributed by atoms with van der Waals surface area (Å²) < 4.78 is 17.5. The summed E-state index contributed by atoms with van der Waals surface area (Å²) in [5.74, 6) is 6.30. The Morgan fingerprint density at radius 3 is 2.57 bits per heavy atom. The molecule has 0 amide bonds. The maximum Gasteiger partial charge on any atom is 0.135 e. The van der Waals surface area contributed by atoms with Crippen molar-refractivity contribution < 1.29 is 4.39 Å². The van der Waals surface area contributed by atoms with Crippen LogP contribution in [0.2, 0.25) is 0 Å². The van der Waals surface area contributed by atoms with E-state index < -0.39 is 5.41 Å². The normalized spacial score (nSPS) is 64.7. The molecule has 0 radical (unpaired) electrons. The lowest BCUT2D eigenvalue weighted by atomic mass is 9.23. The number of aromatic amines is 2. The van der Waals surface area contributed by atoms with Crippen LogP contribution in [0.5, 0.6) is 0 Å². The first kappa shape index (κ1) is 16.6. The highest BCUT2D eigenvalue weighted by Crippen LogP contribution is 3.10. The number of H-pyrrole nitrogens is 2. The Morgan fingerprint density at radius 2 is 1.74 bits per heavy atom. The van der Waals surface area contributed by atoms with Crippen molar-refractivity contribution in [2.45, 2.75) is 42.0 Å². The van der Waals surface area contributed by atoms with Crippen LogP contribution in [0, 0.1) is 74.7 Å². The predicted molar refractivity (Wildman–Crippen MR) is 127 cm³/mol. The smallest absolute Gasteiger partial charge is 0.135 e. The molecule has 8 fully saturated rings. The zero-order valence-corrected chi connectivity index (χ0v) is 20.0. The molecule has 5 spiro atoms. The lowest BCUT2D eigenvalue weighted by molar-refractivity contribution is -0.325. The van der Waals surface area contributed by atoms with Crippen molar-refractivity contribution in [2.75, 3.05) is 0 Å². The summed E-state index contributed by atoms with van der Waals surface area (Å²) in [4.78, 5) is 14.0. The molecular weight excluding hydrogens is 453 g/mol. The minimum absolute atomic E-state index is 0.0911. The van der Waals surface area contributed by atoms with Gasteiger partial charge in [0.15, 0.2) is 0 Å². The number of hydrogen-bond donors (Lipinski definition) is 2. The second-order valence-corrected chi connectivity index (χ2v) is 15.1. The van der Waals surface area contributed by atoms with E-state index in [0.717, 1.165) is 33.5 Å². The van der Waals surface area contributed by atoms with E-state index in [9.17, 15) is 0 Å². The van der Waals surface area contributed by atoms with Crippen LogP contribution in [0.1, 0.15) is 37.2 Å². The first-order valence-electron chi connectivity index (χ1n) is 13.9. The number of fused-ring (bicyclic) bond motifs is 3. The fourth-order valence-electron chi connectivity index (χ4n) is 16.4. The third-order valence-corrected chi connectivity index (χ3v) is 16.1. The summed E-state index contributed by atoms with van der Waals surface area (Å²) in [5.41, 5.74) is 8.42. The minimum Gasteiger partial charge on any atom is -0.359 e. The quantitative estimate of drug-likeness (QED) is 0.586. The molecule has 0 aromatic carbocycles. The van der Waals surface area contributed by atoms with Gasteiger partial charge in [-0.05, 0) is 101 Å². The lowest BCUT2D eigenvalue weighted by Gasteiger charge is -2.80. The van der Waals surface area contributed by atoms with Gasteiger partial charge in [-0.25, -0.2) is 4.39 Å². The maximum atomic E-state index is 17.5. The Morgan fingerprint density at radius 1 is 0.943 bits per heavy atom. The molecule has 1 aliphatic heterocycles. The zero-order chi connectivity index (χ0) is 22.2. The Kier molecular flexibility index (Phi) is 1.87. The maximum absolute atomic E-state index is 17.5. The summed E-state index contributed by atoms with van der Waals surface area (Å²) in [6, 6.07) is 0. The fourth-order valence-corrected chi connectivity index (χ4v) is 16.8. The van der Waals surface area contributed by atoms with Gasteiger partial charge in [0.25, 0.3) is 0 Å². The van der Waals surface area contributed by atoms with E-state index in [1.54, 1.807) is 0 Å². The number of nitrogens with one attached hydrogen (secondary N) is 2. The van der Waals surface area contributed by atoms with Crippen molar-refractivity contribution in [3.8, 4) is 5.69 Å². The Balaban J connectivity index is 1.33. The summed E-state index contributed by atoms with van der Waals surface area (Å²) >= 11 is 1.34. The van der Waals surface area contributed by atoms with Gasteiger partial charge in [-0.3, -0.25) is 4.99 Å². The fraction of sp³-hybridized carbons (Fsp3) is 0.600. The zero-order valence-electron chi connectivity index (χ0n) is 19.1. The Bertz CT molecular complexity index is 1910. The highest BCUT2D eigenvalue weighted by atomic mass is 32.1. The van der Waals surface area contributed by atoms with Gasteiger partial charge >= 0.3 is 0 Å². The molecule has 3 nitrogen and oxygen atoms in total. The number of hydrogen-bond acceptors (Lipinski definition) is 1. The van der Waals surface area contributed by atoms with Crippen molar-refractivity contribution in [3.05, 3.63) is 39.2 Å². The average Bonchev–Trinajstić information content (AvgIpc) is 3.63. The number of nitrogens with zero attached hydrogens (tertiary/aromatic N) is 1. The van der Waals surface area contributed by atoms with Crippen LogP contribution < -0.4 is 21.3 Å². The van der Waals surface area contributed by atoms with Gasteiger partial charge in [0, 0.05) is 28.2 Å². The molecule has 2 aromatic rings. The van der Waals surface area contributed by atoms with Crippen LogP contribution in [-0.4, -0.2) is 15.5 Å². The van der Waals surface area contributed by atoms with Crippen LogP contribution >= 0.6 is 11.2 Å². The standard InChI is InChI=1S/C30H24FN3S/c1-35-19-9-33-25-14(19)7-27(34-25)22-17-5-11-4-16-21-12-2-10-3-18(22)29(10)20(12)15-8-32-23-13(15)6-26(21,24(23)31)30(27,29)28(11,16)17/h1,6-12,16-18,20-22,32H,2-5H2,(H,33,34). The van der Waals surface area contributed by atoms with Crippen molar-refractivity contribution in [1.29, 1.82) is 0 Å². The topological polar surface area (TPSA) is 43.9 Å². The molecule has 5 heteroatoms. The van der Waals surface area contributed by atoms with E-state index >= 15 is 4.39 Å². The van der Waals surface area contributed by atoms with Gasteiger partial charge in [0.1, 0.15) is 11.3 Å². The van der Waals surface area contributed by atoms with Crippen LogP contribution in [0.3, 0.4) is 0 Å². The molecule has 8 saturated carbocycles. The minimum atomic E-state index is -0.446. The molecule has 3 heterocycles. The van der Waals surface area contributed by atoms with Crippen molar-refractivity contribution >= 4 is 29.1 Å². The van der Waals surface area contributed by atoms with Crippen molar-refractivity contribution in [3.63, 3.8) is 0 Å². The van der Waals surface area contributed by atoms with Gasteiger partial charge in [-0.1, -0.05) is 17.2 Å². The summed E-state index contributed by atoms with van der Waals surface area (Å²) in [6.45, 7) is 0. The Hall–Kier alpha value is -2.10. The summed E-state index contributed by atoms with van der Waals surface area (Å²) in [5, 5.41) is 3.33. The third kappa shape index (κ3) is 0.932. The lowest BCUT2D eigenvalue weighted by Crippen LogP contribution is -2.77. The highest BCUT2D eigenvalue weighted by molar-refractivity contribution is 7.88. The van der Waals surface area contributed by atoms with Crippen molar-refractivity contribution in [1.82, 2.24) is 9.97 Å². The van der Waals surface area contributed by atoms with Crippen molar-refractivity contribution in [2.24, 2.45) is 74.0 Å². The summed E-state index contributed by atoms with van der Waals surface area (Å²) in [7, 11) is 0. The molecule has 172 valence electrons. The monoisotopic (exact) mass is 477 g/mol. The number of halogens is 1. The third-order valence-electron chi connectivity index (χ3n) is 15.5. The van der Waals surface area contributed by atoms with Gasteiger partial charge in [-0.15, -0.1) is 5.69 Å². The molecule has 8 bridgehead atoms. The van der Waals surface area contributed by atoms with E-state index in [1.807, 2.05) is 6.20 Å². The largest absolute Gasteiger partial charge is 0.359 e. The molecule has 14 rings (SSSR count). The second-order valence-electron chi connectivity index (χ2n) is 14.4. The van der Waals surface area contributed by atoms with Gasteiger partial charge < -0.3 is 9.97 Å². The number of rotatable bonds is 0. The molecule has 14 unspecified atom stereocenters. The highest BCUT2D eigenvalue weighted by Gasteiger charge is 3.09. The van der Waals surface area contributed by atoms with Crippen LogP contribution in [-0.2, 0) is 0 Å². The van der Waals surface area contributed by atoms with Crippen LogP contribution in [0.15, 0.2) is 22.3 Å². The van der Waals surface area contributed by atoms with E-state index in [0.29, 0.717) is 40.9 Å². The first-order valence-corrected chi connectivity index (χ1v) is 14.8.